The Labute approximate surface area is 81.8 Å². The highest BCUT2D eigenvalue weighted by Crippen LogP contribution is 2.12. The Balaban J connectivity index is 2.24. The van der Waals surface area contributed by atoms with Crippen LogP contribution < -0.4 is 5.32 Å². The standard InChI is InChI=1S/C11H22N2/c1-4-5-6-7-11-12-8-10(13-11)9(2)3/h9-10H,4-8H2,1-3H3,(H,12,13). The lowest BCUT2D eigenvalue weighted by Gasteiger charge is -2.08. The first kappa shape index (κ1) is 10.6. The SMILES string of the molecule is CCCCCC1=NC(C(C)C)CN1. The summed E-state index contributed by atoms with van der Waals surface area (Å²) in [7, 11) is 0. The van der Waals surface area contributed by atoms with Crippen LogP contribution in [0.5, 0.6) is 0 Å². The number of aliphatic imine (C=N–C) groups is 1. The molecule has 0 fully saturated rings. The molecule has 76 valence electrons. The molecule has 1 unspecified atom stereocenters. The van der Waals surface area contributed by atoms with Crippen molar-refractivity contribution in [2.45, 2.75) is 52.5 Å². The maximum absolute atomic E-state index is 4.66. The lowest BCUT2D eigenvalue weighted by molar-refractivity contribution is 0.512. The van der Waals surface area contributed by atoms with Crippen LogP contribution in [0.2, 0.25) is 0 Å². The van der Waals surface area contributed by atoms with Crippen LogP contribution in [0.4, 0.5) is 0 Å². The highest BCUT2D eigenvalue weighted by molar-refractivity contribution is 5.83. The number of unbranched alkanes of at least 4 members (excludes halogenated alkanes) is 2. The molecule has 0 aromatic carbocycles. The zero-order valence-corrected chi connectivity index (χ0v) is 9.14. The van der Waals surface area contributed by atoms with Crippen LogP contribution in [-0.4, -0.2) is 18.4 Å². The fourth-order valence-electron chi connectivity index (χ4n) is 1.59. The van der Waals surface area contributed by atoms with Crippen LogP contribution in [-0.2, 0) is 0 Å². The molecular weight excluding hydrogens is 160 g/mol. The second-order valence-corrected chi connectivity index (χ2v) is 4.23. The number of hydrogen-bond acceptors (Lipinski definition) is 2. The fraction of sp³-hybridized carbons (Fsp3) is 0.909. The first-order chi connectivity index (χ1) is 6.24. The van der Waals surface area contributed by atoms with E-state index in [2.05, 4.69) is 31.1 Å². The van der Waals surface area contributed by atoms with Gasteiger partial charge in [-0.3, -0.25) is 4.99 Å². The van der Waals surface area contributed by atoms with Crippen LogP contribution in [0, 0.1) is 5.92 Å². The molecule has 1 rings (SSSR count). The first-order valence-electron chi connectivity index (χ1n) is 5.54. The van der Waals surface area contributed by atoms with Crippen LogP contribution in [0.15, 0.2) is 4.99 Å². The number of nitrogens with zero attached hydrogens (tertiary/aromatic N) is 1. The molecule has 0 aromatic rings. The lowest BCUT2D eigenvalue weighted by atomic mass is 10.1. The number of hydrogen-bond donors (Lipinski definition) is 1. The van der Waals surface area contributed by atoms with Gasteiger partial charge < -0.3 is 5.32 Å². The van der Waals surface area contributed by atoms with Gasteiger partial charge in [-0.25, -0.2) is 0 Å². The minimum atomic E-state index is 0.525. The Kier molecular flexibility index (Phi) is 4.26. The molecule has 0 spiro atoms. The van der Waals surface area contributed by atoms with Gasteiger partial charge in [-0.2, -0.15) is 0 Å². The van der Waals surface area contributed by atoms with Crippen molar-refractivity contribution in [3.8, 4) is 0 Å². The van der Waals surface area contributed by atoms with Gasteiger partial charge in [0.15, 0.2) is 0 Å². The quantitative estimate of drug-likeness (QED) is 0.649. The summed E-state index contributed by atoms with van der Waals surface area (Å²) in [6, 6.07) is 0.525. The van der Waals surface area contributed by atoms with Crippen molar-refractivity contribution in [3.05, 3.63) is 0 Å². The Morgan fingerprint density at radius 1 is 1.46 bits per heavy atom. The Bertz CT molecular complexity index is 173. The minimum Gasteiger partial charge on any atom is -0.372 e. The third-order valence-electron chi connectivity index (χ3n) is 2.62. The predicted octanol–water partition coefficient (Wildman–Crippen LogP) is 2.59. The first-order valence-corrected chi connectivity index (χ1v) is 5.54. The second kappa shape index (κ2) is 5.25. The van der Waals surface area contributed by atoms with Crippen molar-refractivity contribution in [2.75, 3.05) is 6.54 Å². The van der Waals surface area contributed by atoms with Gasteiger partial charge in [0.25, 0.3) is 0 Å². The van der Waals surface area contributed by atoms with Crippen LogP contribution in [0.3, 0.4) is 0 Å². The zero-order valence-electron chi connectivity index (χ0n) is 9.14. The van der Waals surface area contributed by atoms with E-state index in [1.807, 2.05) is 0 Å². The van der Waals surface area contributed by atoms with Crippen molar-refractivity contribution in [1.29, 1.82) is 0 Å². The van der Waals surface area contributed by atoms with Crippen LogP contribution in [0.25, 0.3) is 0 Å². The molecule has 1 atom stereocenters. The van der Waals surface area contributed by atoms with Gasteiger partial charge in [0.1, 0.15) is 0 Å². The molecule has 0 aliphatic carbocycles. The van der Waals surface area contributed by atoms with Gasteiger partial charge in [0, 0.05) is 13.0 Å². The molecule has 0 saturated heterocycles. The van der Waals surface area contributed by atoms with E-state index in [0.29, 0.717) is 12.0 Å². The molecule has 0 radical (unpaired) electrons. The summed E-state index contributed by atoms with van der Waals surface area (Å²) >= 11 is 0. The Morgan fingerprint density at radius 3 is 2.77 bits per heavy atom. The van der Waals surface area contributed by atoms with Crippen molar-refractivity contribution < 1.29 is 0 Å². The molecule has 13 heavy (non-hydrogen) atoms. The van der Waals surface area contributed by atoms with Crippen LogP contribution in [0.1, 0.15) is 46.5 Å². The van der Waals surface area contributed by atoms with E-state index in [1.54, 1.807) is 0 Å². The van der Waals surface area contributed by atoms with Gasteiger partial charge in [-0.1, -0.05) is 33.6 Å². The molecule has 1 N–H and O–H groups in total. The third-order valence-corrected chi connectivity index (χ3v) is 2.62. The molecule has 2 heteroatoms. The predicted molar refractivity (Wildman–Crippen MR) is 58.2 cm³/mol. The van der Waals surface area contributed by atoms with Crippen molar-refractivity contribution in [1.82, 2.24) is 5.32 Å². The summed E-state index contributed by atoms with van der Waals surface area (Å²) in [5, 5.41) is 3.40. The molecule has 0 amide bonds. The van der Waals surface area contributed by atoms with Crippen molar-refractivity contribution >= 4 is 5.84 Å². The highest BCUT2D eigenvalue weighted by Gasteiger charge is 2.18. The smallest absolute Gasteiger partial charge is 0.0968 e. The Hall–Kier alpha value is -0.530. The molecule has 0 bridgehead atoms. The molecule has 1 aliphatic rings. The summed E-state index contributed by atoms with van der Waals surface area (Å²) in [6.07, 6.45) is 5.05. The largest absolute Gasteiger partial charge is 0.372 e. The average Bonchev–Trinajstić information content (AvgIpc) is 2.53. The molecule has 1 heterocycles. The molecule has 1 aliphatic heterocycles. The molecule has 0 saturated carbocycles. The summed E-state index contributed by atoms with van der Waals surface area (Å²) in [5.74, 6) is 1.92. The number of nitrogens with one attached hydrogen (secondary N) is 1. The van der Waals surface area contributed by atoms with E-state index in [1.165, 1.54) is 25.1 Å². The fourth-order valence-corrected chi connectivity index (χ4v) is 1.59. The summed E-state index contributed by atoms with van der Waals surface area (Å²) in [6.45, 7) is 7.77. The highest BCUT2D eigenvalue weighted by atomic mass is 15.1. The maximum atomic E-state index is 4.66. The van der Waals surface area contributed by atoms with E-state index in [-0.39, 0.29) is 0 Å². The average molecular weight is 182 g/mol. The molecule has 0 aromatic heterocycles. The minimum absolute atomic E-state index is 0.525. The lowest BCUT2D eigenvalue weighted by Crippen LogP contribution is -2.23. The van der Waals surface area contributed by atoms with E-state index >= 15 is 0 Å². The second-order valence-electron chi connectivity index (χ2n) is 4.23. The molecular formula is C11H22N2. The van der Waals surface area contributed by atoms with Gasteiger partial charge in [0.2, 0.25) is 0 Å². The van der Waals surface area contributed by atoms with Crippen molar-refractivity contribution in [2.24, 2.45) is 10.9 Å². The van der Waals surface area contributed by atoms with E-state index in [0.717, 1.165) is 13.0 Å². The number of amidine groups is 1. The van der Waals surface area contributed by atoms with Crippen LogP contribution >= 0.6 is 0 Å². The molecule has 2 nitrogen and oxygen atoms in total. The summed E-state index contributed by atoms with van der Waals surface area (Å²) in [5.41, 5.74) is 0. The van der Waals surface area contributed by atoms with Gasteiger partial charge in [-0.15, -0.1) is 0 Å². The van der Waals surface area contributed by atoms with Gasteiger partial charge in [0.05, 0.1) is 11.9 Å². The maximum Gasteiger partial charge on any atom is 0.0968 e. The van der Waals surface area contributed by atoms with Gasteiger partial charge >= 0.3 is 0 Å². The topological polar surface area (TPSA) is 24.4 Å². The van der Waals surface area contributed by atoms with E-state index < -0.39 is 0 Å². The van der Waals surface area contributed by atoms with E-state index in [9.17, 15) is 0 Å². The van der Waals surface area contributed by atoms with Crippen molar-refractivity contribution in [3.63, 3.8) is 0 Å². The zero-order chi connectivity index (χ0) is 9.68. The Morgan fingerprint density at radius 2 is 2.23 bits per heavy atom. The normalized spacial score (nSPS) is 21.8. The summed E-state index contributed by atoms with van der Waals surface area (Å²) < 4.78 is 0. The van der Waals surface area contributed by atoms with E-state index in [4.69, 9.17) is 0 Å². The monoisotopic (exact) mass is 182 g/mol. The summed E-state index contributed by atoms with van der Waals surface area (Å²) in [4.78, 5) is 4.66. The van der Waals surface area contributed by atoms with Gasteiger partial charge in [-0.05, 0) is 12.3 Å². The number of rotatable bonds is 5. The third kappa shape index (κ3) is 3.37.